The van der Waals surface area contributed by atoms with Crippen LogP contribution in [0.5, 0.6) is 5.75 Å². The minimum Gasteiger partial charge on any atom is -0.489 e. The summed E-state index contributed by atoms with van der Waals surface area (Å²) in [5, 5.41) is 9.32. The van der Waals surface area contributed by atoms with E-state index in [1.807, 2.05) is 6.07 Å². The van der Waals surface area contributed by atoms with E-state index in [1.54, 1.807) is 30.3 Å². The van der Waals surface area contributed by atoms with Gasteiger partial charge in [-0.1, -0.05) is 41.4 Å². The number of nitrogens with one attached hydrogen (secondary N) is 1. The third-order valence-electron chi connectivity index (χ3n) is 4.58. The van der Waals surface area contributed by atoms with Crippen molar-refractivity contribution in [3.05, 3.63) is 93.2 Å². The lowest BCUT2D eigenvalue weighted by molar-refractivity contribution is 0.302. The third-order valence-corrected chi connectivity index (χ3v) is 6.09. The molecule has 0 atom stereocenters. The molecule has 0 bridgehead atoms. The Hall–Kier alpha value is -2.16. The van der Waals surface area contributed by atoms with Gasteiger partial charge in [-0.25, -0.2) is 17.9 Å². The van der Waals surface area contributed by atoms with E-state index in [1.165, 1.54) is 24.3 Å². The second-order valence-corrected chi connectivity index (χ2v) is 9.30. The number of nitrogens with two attached hydrogens (primary N) is 1. The molecule has 0 aromatic heterocycles. The van der Waals surface area contributed by atoms with Crippen LogP contribution in [0.4, 0.5) is 4.39 Å². The Balaban J connectivity index is 1.57. The van der Waals surface area contributed by atoms with E-state index in [-0.39, 0.29) is 11.5 Å². The predicted molar refractivity (Wildman–Crippen MR) is 120 cm³/mol. The van der Waals surface area contributed by atoms with Gasteiger partial charge < -0.3 is 10.1 Å². The Bertz CT molecular complexity index is 1160. The van der Waals surface area contributed by atoms with Crippen LogP contribution < -0.4 is 15.2 Å². The Morgan fingerprint density at radius 3 is 2.39 bits per heavy atom. The smallest absolute Gasteiger partial charge is 0.238 e. The van der Waals surface area contributed by atoms with Crippen LogP contribution >= 0.6 is 23.2 Å². The topological polar surface area (TPSA) is 81.4 Å². The number of primary sulfonamides is 1. The molecule has 0 aliphatic heterocycles. The van der Waals surface area contributed by atoms with Crippen molar-refractivity contribution in [3.8, 4) is 5.75 Å². The van der Waals surface area contributed by atoms with Gasteiger partial charge in [0.1, 0.15) is 18.2 Å². The van der Waals surface area contributed by atoms with Crippen molar-refractivity contribution in [1.29, 1.82) is 0 Å². The highest BCUT2D eigenvalue weighted by Crippen LogP contribution is 2.25. The minimum absolute atomic E-state index is 0.0891. The molecule has 0 fully saturated rings. The van der Waals surface area contributed by atoms with E-state index in [2.05, 4.69) is 5.32 Å². The Kier molecular flexibility index (Phi) is 7.91. The third kappa shape index (κ3) is 6.92. The highest BCUT2D eigenvalue weighted by atomic mass is 35.5. The zero-order chi connectivity index (χ0) is 22.4. The molecule has 3 aromatic rings. The predicted octanol–water partition coefficient (Wildman–Crippen LogP) is 4.69. The zero-order valence-corrected chi connectivity index (χ0v) is 18.8. The Labute approximate surface area is 191 Å². The van der Waals surface area contributed by atoms with Gasteiger partial charge in [0.25, 0.3) is 0 Å². The molecule has 164 valence electrons. The van der Waals surface area contributed by atoms with Crippen molar-refractivity contribution < 1.29 is 17.5 Å². The maximum Gasteiger partial charge on any atom is 0.238 e. The van der Waals surface area contributed by atoms with Crippen LogP contribution in [-0.2, 0) is 29.6 Å². The summed E-state index contributed by atoms with van der Waals surface area (Å²) < 4.78 is 41.7. The van der Waals surface area contributed by atoms with Crippen molar-refractivity contribution in [3.63, 3.8) is 0 Å². The number of ether oxygens (including phenoxy) is 1. The summed E-state index contributed by atoms with van der Waals surface area (Å²) in [6.45, 7) is 1.37. The van der Waals surface area contributed by atoms with Crippen molar-refractivity contribution in [1.82, 2.24) is 5.32 Å². The average molecular weight is 483 g/mol. The minimum atomic E-state index is -3.69. The molecule has 3 N–H and O–H groups in total. The molecule has 31 heavy (non-hydrogen) atoms. The second-order valence-electron chi connectivity index (χ2n) is 6.89. The van der Waals surface area contributed by atoms with Crippen LogP contribution in [-0.4, -0.2) is 15.0 Å². The fourth-order valence-corrected chi connectivity index (χ4v) is 3.85. The molecule has 5 nitrogen and oxygen atoms in total. The first kappa shape index (κ1) is 23.5. The van der Waals surface area contributed by atoms with Gasteiger partial charge in [-0.05, 0) is 61.0 Å². The fourth-order valence-electron chi connectivity index (χ4n) is 2.92. The van der Waals surface area contributed by atoms with Gasteiger partial charge in [0.15, 0.2) is 0 Å². The summed E-state index contributed by atoms with van der Waals surface area (Å²) in [6, 6.07) is 16.0. The number of hydrogen-bond acceptors (Lipinski definition) is 4. The van der Waals surface area contributed by atoms with Crippen molar-refractivity contribution in [2.24, 2.45) is 5.14 Å². The first-order chi connectivity index (χ1) is 14.7. The molecule has 9 heteroatoms. The molecule has 0 aliphatic rings. The van der Waals surface area contributed by atoms with E-state index in [0.717, 1.165) is 11.1 Å². The summed E-state index contributed by atoms with van der Waals surface area (Å²) >= 11 is 12.2. The molecule has 3 rings (SSSR count). The van der Waals surface area contributed by atoms with Crippen LogP contribution in [0.3, 0.4) is 0 Å². The van der Waals surface area contributed by atoms with Crippen molar-refractivity contribution in [2.75, 3.05) is 6.54 Å². The van der Waals surface area contributed by atoms with Gasteiger partial charge in [-0.2, -0.15) is 0 Å². The van der Waals surface area contributed by atoms with E-state index in [4.69, 9.17) is 33.1 Å². The van der Waals surface area contributed by atoms with E-state index < -0.39 is 15.8 Å². The van der Waals surface area contributed by atoms with Crippen LogP contribution in [0.1, 0.15) is 16.7 Å². The quantitative estimate of drug-likeness (QED) is 0.433. The SMILES string of the molecule is NS(=O)(=O)c1ccc(CCNCc2cc(Cl)ccc2OCc2ccc(F)cc2Cl)cc1. The van der Waals surface area contributed by atoms with Gasteiger partial charge >= 0.3 is 0 Å². The molecular formula is C22H21Cl2FN2O3S. The molecule has 0 amide bonds. The van der Waals surface area contributed by atoms with Gasteiger partial charge in [-0.15, -0.1) is 0 Å². The zero-order valence-electron chi connectivity index (χ0n) is 16.4. The van der Waals surface area contributed by atoms with Gasteiger partial charge in [0.2, 0.25) is 10.0 Å². The summed E-state index contributed by atoms with van der Waals surface area (Å²) in [6.07, 6.45) is 0.701. The lowest BCUT2D eigenvalue weighted by Crippen LogP contribution is -2.17. The molecule has 0 aliphatic carbocycles. The molecule has 0 radical (unpaired) electrons. The summed E-state index contributed by atoms with van der Waals surface area (Å²) in [5.74, 6) is 0.249. The highest BCUT2D eigenvalue weighted by Gasteiger charge is 2.09. The number of halogens is 3. The van der Waals surface area contributed by atoms with Gasteiger partial charge in [0, 0.05) is 22.7 Å². The number of hydrogen-bond donors (Lipinski definition) is 2. The van der Waals surface area contributed by atoms with Crippen LogP contribution in [0.15, 0.2) is 65.6 Å². The normalized spacial score (nSPS) is 11.5. The van der Waals surface area contributed by atoms with Gasteiger partial charge in [0.05, 0.1) is 9.92 Å². The second kappa shape index (κ2) is 10.4. The monoisotopic (exact) mass is 482 g/mol. The van der Waals surface area contributed by atoms with Crippen molar-refractivity contribution >= 4 is 33.2 Å². The summed E-state index contributed by atoms with van der Waals surface area (Å²) in [5.41, 5.74) is 2.53. The largest absolute Gasteiger partial charge is 0.489 e. The van der Waals surface area contributed by atoms with E-state index in [0.29, 0.717) is 40.9 Å². The van der Waals surface area contributed by atoms with Crippen LogP contribution in [0.2, 0.25) is 10.0 Å². The molecule has 0 saturated carbocycles. The first-order valence-corrected chi connectivity index (χ1v) is 11.7. The maximum atomic E-state index is 13.2. The van der Waals surface area contributed by atoms with Crippen LogP contribution in [0.25, 0.3) is 0 Å². The standard InChI is InChI=1S/C22H21Cl2FN2O3S/c23-18-4-8-22(30-14-16-3-5-19(25)12-21(16)24)17(11-18)13-27-10-9-15-1-6-20(7-2-15)31(26,28)29/h1-8,11-12,27H,9-10,13-14H2,(H2,26,28,29). The Morgan fingerprint density at radius 1 is 0.968 bits per heavy atom. The fraction of sp³-hybridized carbons (Fsp3) is 0.182. The number of rotatable bonds is 9. The maximum absolute atomic E-state index is 13.2. The first-order valence-electron chi connectivity index (χ1n) is 9.40. The Morgan fingerprint density at radius 2 is 1.71 bits per heavy atom. The number of benzene rings is 3. The summed E-state index contributed by atoms with van der Waals surface area (Å²) in [7, 11) is -3.69. The van der Waals surface area contributed by atoms with E-state index >= 15 is 0 Å². The summed E-state index contributed by atoms with van der Waals surface area (Å²) in [4.78, 5) is 0.0891. The van der Waals surface area contributed by atoms with Crippen molar-refractivity contribution in [2.45, 2.75) is 24.5 Å². The molecular weight excluding hydrogens is 462 g/mol. The molecule has 0 saturated heterocycles. The lowest BCUT2D eigenvalue weighted by Gasteiger charge is -2.14. The lowest BCUT2D eigenvalue weighted by atomic mass is 10.1. The highest BCUT2D eigenvalue weighted by molar-refractivity contribution is 7.89. The van der Waals surface area contributed by atoms with E-state index in [9.17, 15) is 12.8 Å². The van der Waals surface area contributed by atoms with Gasteiger partial charge in [-0.3, -0.25) is 0 Å². The average Bonchev–Trinajstić information content (AvgIpc) is 2.71. The number of sulfonamides is 1. The molecule has 3 aromatic carbocycles. The molecule has 0 unspecified atom stereocenters. The van der Waals surface area contributed by atoms with Crippen LogP contribution in [0, 0.1) is 5.82 Å². The molecule has 0 heterocycles. The molecule has 0 spiro atoms.